The molecule has 19 heavy (non-hydrogen) atoms. The minimum absolute atomic E-state index is 0.0790. The van der Waals surface area contributed by atoms with E-state index in [1.54, 1.807) is 0 Å². The van der Waals surface area contributed by atoms with Gasteiger partial charge in [-0.3, -0.25) is 0 Å². The zero-order valence-corrected chi connectivity index (χ0v) is 12.3. The monoisotopic (exact) mass is 288 g/mol. The Balaban J connectivity index is 3.26. The first-order valence-corrected chi connectivity index (χ1v) is 7.88. The van der Waals surface area contributed by atoms with E-state index in [2.05, 4.69) is 4.72 Å². The molecule has 0 aliphatic heterocycles. The molecular weight excluding hydrogens is 267 g/mol. The van der Waals surface area contributed by atoms with E-state index in [-0.39, 0.29) is 5.69 Å². The van der Waals surface area contributed by atoms with Crippen LogP contribution in [-0.4, -0.2) is 14.0 Å². The minimum Gasteiger partial charge on any atom is -0.398 e. The lowest BCUT2D eigenvalue weighted by Gasteiger charge is -2.31. The van der Waals surface area contributed by atoms with Crippen molar-refractivity contribution >= 4 is 15.7 Å². The van der Waals surface area contributed by atoms with Gasteiger partial charge in [-0.25, -0.2) is 17.5 Å². The van der Waals surface area contributed by atoms with Gasteiger partial charge in [0, 0.05) is 5.54 Å². The van der Waals surface area contributed by atoms with Crippen molar-refractivity contribution in [2.75, 3.05) is 5.73 Å². The zero-order chi connectivity index (χ0) is 14.7. The highest BCUT2D eigenvalue weighted by Crippen LogP contribution is 2.26. The van der Waals surface area contributed by atoms with Crippen molar-refractivity contribution in [3.05, 3.63) is 24.0 Å². The summed E-state index contributed by atoms with van der Waals surface area (Å²) in [4.78, 5) is -0.463. The first-order chi connectivity index (χ1) is 8.82. The molecule has 3 N–H and O–H groups in total. The van der Waals surface area contributed by atoms with Gasteiger partial charge < -0.3 is 5.73 Å². The number of nitrogens with one attached hydrogen (secondary N) is 1. The predicted molar refractivity (Wildman–Crippen MR) is 74.7 cm³/mol. The number of benzene rings is 1. The second-order valence-electron chi connectivity index (χ2n) is 4.60. The molecule has 0 heterocycles. The molecular formula is C13H21FN2O2S. The molecule has 0 saturated heterocycles. The third-order valence-electron chi connectivity index (χ3n) is 3.65. The van der Waals surface area contributed by atoms with Gasteiger partial charge in [-0.05, 0) is 31.4 Å². The average Bonchev–Trinajstić information content (AvgIpc) is 2.35. The van der Waals surface area contributed by atoms with Crippen LogP contribution in [0.4, 0.5) is 10.1 Å². The third-order valence-corrected chi connectivity index (χ3v) is 5.32. The van der Waals surface area contributed by atoms with E-state index >= 15 is 0 Å². The van der Waals surface area contributed by atoms with Crippen LogP contribution in [-0.2, 0) is 10.0 Å². The fourth-order valence-corrected chi connectivity index (χ4v) is 3.92. The maximum Gasteiger partial charge on any atom is 0.246 e. The van der Waals surface area contributed by atoms with Crippen LogP contribution in [0.15, 0.2) is 23.1 Å². The standard InChI is InChI=1S/C13H21FN2O2S/c1-4-13(5-2,6-3)16-19(17,18)12-10(14)8-7-9-11(12)15/h7-9,16H,4-6,15H2,1-3H3. The number of anilines is 1. The highest BCUT2D eigenvalue weighted by molar-refractivity contribution is 7.89. The average molecular weight is 288 g/mol. The maximum atomic E-state index is 13.7. The van der Waals surface area contributed by atoms with Gasteiger partial charge in [0.2, 0.25) is 10.0 Å². The van der Waals surface area contributed by atoms with Crippen molar-refractivity contribution in [3.8, 4) is 0 Å². The predicted octanol–water partition coefficient (Wildman–Crippen LogP) is 2.66. The molecule has 0 aromatic heterocycles. The number of halogens is 1. The lowest BCUT2D eigenvalue weighted by molar-refractivity contribution is 0.341. The molecule has 1 rings (SSSR count). The lowest BCUT2D eigenvalue weighted by Crippen LogP contribution is -2.47. The minimum atomic E-state index is -3.97. The Morgan fingerprint density at radius 2 is 1.74 bits per heavy atom. The summed E-state index contributed by atoms with van der Waals surface area (Å²) < 4.78 is 41.0. The van der Waals surface area contributed by atoms with E-state index in [0.717, 1.165) is 6.07 Å². The quantitative estimate of drug-likeness (QED) is 0.790. The Morgan fingerprint density at radius 1 is 1.21 bits per heavy atom. The molecule has 1 aromatic carbocycles. The second-order valence-corrected chi connectivity index (χ2v) is 6.22. The van der Waals surface area contributed by atoms with Crippen molar-refractivity contribution in [1.29, 1.82) is 0 Å². The fraction of sp³-hybridized carbons (Fsp3) is 0.538. The molecule has 0 fully saturated rings. The van der Waals surface area contributed by atoms with E-state index in [1.807, 2.05) is 20.8 Å². The molecule has 1 aromatic rings. The largest absolute Gasteiger partial charge is 0.398 e. The summed E-state index contributed by atoms with van der Waals surface area (Å²) in [7, 11) is -3.97. The van der Waals surface area contributed by atoms with Crippen LogP contribution in [0.5, 0.6) is 0 Å². The Morgan fingerprint density at radius 3 is 2.16 bits per heavy atom. The van der Waals surface area contributed by atoms with Crippen LogP contribution >= 0.6 is 0 Å². The van der Waals surface area contributed by atoms with Gasteiger partial charge in [-0.1, -0.05) is 26.8 Å². The van der Waals surface area contributed by atoms with Crippen molar-refractivity contribution < 1.29 is 12.8 Å². The molecule has 0 radical (unpaired) electrons. The summed E-state index contributed by atoms with van der Waals surface area (Å²) >= 11 is 0. The van der Waals surface area contributed by atoms with Gasteiger partial charge in [-0.2, -0.15) is 0 Å². The van der Waals surface area contributed by atoms with Crippen molar-refractivity contribution in [3.63, 3.8) is 0 Å². The molecule has 0 amide bonds. The fourth-order valence-electron chi connectivity index (χ4n) is 2.11. The summed E-state index contributed by atoms with van der Waals surface area (Å²) in [5.41, 5.74) is 4.95. The van der Waals surface area contributed by atoms with Gasteiger partial charge in [0.1, 0.15) is 10.7 Å². The number of hydrogen-bond donors (Lipinski definition) is 2. The summed E-state index contributed by atoms with van der Waals surface area (Å²) in [6.45, 7) is 5.71. The van der Waals surface area contributed by atoms with Gasteiger partial charge >= 0.3 is 0 Å². The van der Waals surface area contributed by atoms with Crippen LogP contribution in [0.1, 0.15) is 40.0 Å². The summed E-state index contributed by atoms with van der Waals surface area (Å²) in [5, 5.41) is 0. The van der Waals surface area contributed by atoms with Gasteiger partial charge in [0.05, 0.1) is 5.69 Å². The van der Waals surface area contributed by atoms with Crippen LogP contribution in [0.2, 0.25) is 0 Å². The van der Waals surface area contributed by atoms with E-state index in [4.69, 9.17) is 5.73 Å². The molecule has 0 aliphatic carbocycles. The lowest BCUT2D eigenvalue weighted by atomic mass is 9.91. The molecule has 0 bridgehead atoms. The molecule has 4 nitrogen and oxygen atoms in total. The van der Waals surface area contributed by atoms with Gasteiger partial charge in [-0.15, -0.1) is 0 Å². The number of rotatable bonds is 6. The zero-order valence-electron chi connectivity index (χ0n) is 11.5. The highest BCUT2D eigenvalue weighted by Gasteiger charge is 2.32. The smallest absolute Gasteiger partial charge is 0.246 e. The first-order valence-electron chi connectivity index (χ1n) is 6.40. The first kappa shape index (κ1) is 15.9. The molecule has 0 unspecified atom stereocenters. The summed E-state index contributed by atoms with van der Waals surface area (Å²) in [5.74, 6) is -0.829. The highest BCUT2D eigenvalue weighted by atomic mass is 32.2. The maximum absolute atomic E-state index is 13.7. The Bertz CT molecular complexity index is 511. The SMILES string of the molecule is CCC(CC)(CC)NS(=O)(=O)c1c(N)cccc1F. The van der Waals surface area contributed by atoms with E-state index in [1.165, 1.54) is 12.1 Å². The van der Waals surface area contributed by atoms with E-state index < -0.39 is 26.3 Å². The number of sulfonamides is 1. The van der Waals surface area contributed by atoms with Crippen LogP contribution in [0.3, 0.4) is 0 Å². The van der Waals surface area contributed by atoms with Crippen molar-refractivity contribution in [2.24, 2.45) is 0 Å². The van der Waals surface area contributed by atoms with Gasteiger partial charge in [0.25, 0.3) is 0 Å². The van der Waals surface area contributed by atoms with E-state index in [9.17, 15) is 12.8 Å². The Labute approximate surface area is 114 Å². The molecule has 0 spiro atoms. The Kier molecular flexibility index (Phi) is 4.92. The number of nitrogens with two attached hydrogens (primary N) is 1. The second kappa shape index (κ2) is 5.88. The molecule has 0 saturated carbocycles. The van der Waals surface area contributed by atoms with Crippen molar-refractivity contribution in [2.45, 2.75) is 50.5 Å². The summed E-state index contributed by atoms with van der Waals surface area (Å²) in [6, 6.07) is 3.86. The van der Waals surface area contributed by atoms with Crippen LogP contribution < -0.4 is 10.5 Å². The van der Waals surface area contributed by atoms with Gasteiger partial charge in [0.15, 0.2) is 0 Å². The van der Waals surface area contributed by atoms with E-state index in [0.29, 0.717) is 19.3 Å². The normalized spacial score (nSPS) is 12.6. The van der Waals surface area contributed by atoms with Crippen molar-refractivity contribution in [1.82, 2.24) is 4.72 Å². The Hall–Kier alpha value is -1.14. The number of nitrogen functional groups attached to an aromatic ring is 1. The third kappa shape index (κ3) is 3.25. The van der Waals surface area contributed by atoms with Crippen LogP contribution in [0, 0.1) is 5.82 Å². The number of hydrogen-bond acceptors (Lipinski definition) is 3. The molecule has 0 atom stereocenters. The summed E-state index contributed by atoms with van der Waals surface area (Å²) in [6.07, 6.45) is 1.90. The molecule has 0 aliphatic rings. The topological polar surface area (TPSA) is 72.2 Å². The van der Waals surface area contributed by atoms with Crippen LogP contribution in [0.25, 0.3) is 0 Å². The molecule has 108 valence electrons. The molecule has 6 heteroatoms.